The summed E-state index contributed by atoms with van der Waals surface area (Å²) in [5, 5.41) is 3.96. The van der Waals surface area contributed by atoms with Crippen molar-refractivity contribution < 1.29 is 8.83 Å². The minimum absolute atomic E-state index is 0.571. The lowest BCUT2D eigenvalue weighted by molar-refractivity contribution is 0.668. The Hall–Kier alpha value is -6.85. The number of hydrogen-bond donors (Lipinski definition) is 0. The van der Waals surface area contributed by atoms with Crippen molar-refractivity contribution in [3.63, 3.8) is 0 Å². The summed E-state index contributed by atoms with van der Waals surface area (Å²) in [7, 11) is 0. The average Bonchev–Trinajstić information content (AvgIpc) is 3.76. The summed E-state index contributed by atoms with van der Waals surface area (Å²) in [6.07, 6.45) is 0. The van der Waals surface area contributed by atoms with Gasteiger partial charge in [0.05, 0.1) is 0 Å². The van der Waals surface area contributed by atoms with E-state index in [0.717, 1.165) is 82.8 Å². The molecule has 0 fully saturated rings. The highest BCUT2D eigenvalue weighted by atomic mass is 16.3. The van der Waals surface area contributed by atoms with E-state index in [1.807, 2.05) is 78.9 Å². The van der Waals surface area contributed by atoms with Gasteiger partial charge in [0.2, 0.25) is 0 Å². The SMILES string of the molecule is c1ccc(-c2ccc3oc4cccc(-c5nc(-c6ccccc6)nc(-c6cccc7oc8ccc(-c9ccccc9)cc8c67)n5)c4c3c2)cc1. The van der Waals surface area contributed by atoms with E-state index in [0.29, 0.717) is 17.5 Å². The molecule has 234 valence electrons. The van der Waals surface area contributed by atoms with E-state index in [4.69, 9.17) is 23.8 Å². The number of benzene rings is 7. The van der Waals surface area contributed by atoms with Crippen LogP contribution in [-0.4, -0.2) is 15.0 Å². The van der Waals surface area contributed by atoms with Crippen LogP contribution in [-0.2, 0) is 0 Å². The fourth-order valence-electron chi connectivity index (χ4n) is 6.98. The van der Waals surface area contributed by atoms with Crippen molar-refractivity contribution in [1.29, 1.82) is 0 Å². The Balaban J connectivity index is 1.23. The number of hydrogen-bond acceptors (Lipinski definition) is 5. The highest BCUT2D eigenvalue weighted by Crippen LogP contribution is 2.41. The van der Waals surface area contributed by atoms with E-state index in [2.05, 4.69) is 84.9 Å². The van der Waals surface area contributed by atoms with Crippen LogP contribution in [0.1, 0.15) is 0 Å². The second-order valence-corrected chi connectivity index (χ2v) is 12.4. The first-order valence-corrected chi connectivity index (χ1v) is 16.6. The summed E-state index contributed by atoms with van der Waals surface area (Å²) >= 11 is 0. The van der Waals surface area contributed by atoms with E-state index in [9.17, 15) is 0 Å². The van der Waals surface area contributed by atoms with Gasteiger partial charge in [-0.2, -0.15) is 0 Å². The summed E-state index contributed by atoms with van der Waals surface area (Å²) in [6, 6.07) is 55.7. The molecule has 7 aromatic carbocycles. The lowest BCUT2D eigenvalue weighted by Crippen LogP contribution is -2.00. The fourth-order valence-corrected chi connectivity index (χ4v) is 6.98. The summed E-state index contributed by atoms with van der Waals surface area (Å²) in [6.45, 7) is 0. The molecule has 3 aromatic heterocycles. The quantitative estimate of drug-likeness (QED) is 0.187. The van der Waals surface area contributed by atoms with Crippen molar-refractivity contribution in [3.8, 4) is 56.4 Å². The first-order chi connectivity index (χ1) is 24.8. The average molecular weight is 642 g/mol. The zero-order valence-corrected chi connectivity index (χ0v) is 26.7. The maximum Gasteiger partial charge on any atom is 0.164 e. The summed E-state index contributed by atoms with van der Waals surface area (Å²) in [5.74, 6) is 1.74. The second kappa shape index (κ2) is 11.4. The van der Waals surface area contributed by atoms with Crippen molar-refractivity contribution in [2.24, 2.45) is 0 Å². The lowest BCUT2D eigenvalue weighted by Gasteiger charge is -2.10. The van der Waals surface area contributed by atoms with Crippen LogP contribution in [0, 0.1) is 0 Å². The Morgan fingerprint density at radius 2 is 0.720 bits per heavy atom. The molecule has 0 saturated heterocycles. The van der Waals surface area contributed by atoms with E-state index in [-0.39, 0.29) is 0 Å². The predicted octanol–water partition coefficient (Wildman–Crippen LogP) is 12.0. The predicted molar refractivity (Wildman–Crippen MR) is 202 cm³/mol. The van der Waals surface area contributed by atoms with Crippen LogP contribution < -0.4 is 0 Å². The monoisotopic (exact) mass is 641 g/mol. The van der Waals surface area contributed by atoms with Crippen LogP contribution in [0.3, 0.4) is 0 Å². The molecule has 0 unspecified atom stereocenters. The number of rotatable bonds is 5. The minimum Gasteiger partial charge on any atom is -0.456 e. The lowest BCUT2D eigenvalue weighted by atomic mass is 10.00. The van der Waals surface area contributed by atoms with Crippen molar-refractivity contribution in [2.45, 2.75) is 0 Å². The Bertz CT molecular complexity index is 2680. The van der Waals surface area contributed by atoms with E-state index in [1.165, 1.54) is 0 Å². The molecule has 0 amide bonds. The minimum atomic E-state index is 0.571. The van der Waals surface area contributed by atoms with Gasteiger partial charge >= 0.3 is 0 Å². The summed E-state index contributed by atoms with van der Waals surface area (Å²) in [5.41, 5.74) is 10.4. The molecular formula is C45H27N3O2. The molecule has 0 atom stereocenters. The normalized spacial score (nSPS) is 11.6. The van der Waals surface area contributed by atoms with Crippen LogP contribution in [0.15, 0.2) is 173 Å². The smallest absolute Gasteiger partial charge is 0.164 e. The molecule has 50 heavy (non-hydrogen) atoms. The molecule has 0 aliphatic carbocycles. The molecular weight excluding hydrogens is 615 g/mol. The molecule has 0 bridgehead atoms. The molecule has 5 heteroatoms. The van der Waals surface area contributed by atoms with Crippen molar-refractivity contribution in [1.82, 2.24) is 15.0 Å². The third kappa shape index (κ3) is 4.67. The molecule has 0 radical (unpaired) electrons. The Labute approximate surface area is 287 Å². The van der Waals surface area contributed by atoms with Gasteiger partial charge in [-0.05, 0) is 58.7 Å². The zero-order valence-electron chi connectivity index (χ0n) is 26.7. The van der Waals surface area contributed by atoms with Gasteiger partial charge in [0, 0.05) is 38.2 Å². The molecule has 0 saturated carbocycles. The van der Waals surface area contributed by atoms with E-state index in [1.54, 1.807) is 0 Å². The van der Waals surface area contributed by atoms with Gasteiger partial charge in [0.15, 0.2) is 17.5 Å². The molecule has 0 N–H and O–H groups in total. The first kappa shape index (κ1) is 28.2. The van der Waals surface area contributed by atoms with Crippen LogP contribution >= 0.6 is 0 Å². The van der Waals surface area contributed by atoms with Gasteiger partial charge in [-0.25, -0.2) is 15.0 Å². The number of fused-ring (bicyclic) bond motifs is 6. The largest absolute Gasteiger partial charge is 0.456 e. The number of furan rings is 2. The molecule has 0 spiro atoms. The first-order valence-electron chi connectivity index (χ1n) is 16.6. The highest BCUT2D eigenvalue weighted by Gasteiger charge is 2.21. The van der Waals surface area contributed by atoms with Crippen LogP contribution in [0.4, 0.5) is 0 Å². The Morgan fingerprint density at radius 3 is 1.18 bits per heavy atom. The van der Waals surface area contributed by atoms with Gasteiger partial charge in [-0.3, -0.25) is 0 Å². The molecule has 0 aliphatic heterocycles. The van der Waals surface area contributed by atoms with E-state index >= 15 is 0 Å². The summed E-state index contributed by atoms with van der Waals surface area (Å²) in [4.78, 5) is 15.5. The van der Waals surface area contributed by atoms with Gasteiger partial charge in [0.1, 0.15) is 22.3 Å². The topological polar surface area (TPSA) is 65.0 Å². The van der Waals surface area contributed by atoms with Crippen LogP contribution in [0.25, 0.3) is 100 Å². The van der Waals surface area contributed by atoms with Crippen molar-refractivity contribution in [3.05, 3.63) is 164 Å². The maximum absolute atomic E-state index is 6.39. The van der Waals surface area contributed by atoms with Crippen molar-refractivity contribution >= 4 is 43.9 Å². The van der Waals surface area contributed by atoms with Gasteiger partial charge in [-0.15, -0.1) is 0 Å². The molecule has 5 nitrogen and oxygen atoms in total. The molecule has 10 rings (SSSR count). The third-order valence-corrected chi connectivity index (χ3v) is 9.35. The summed E-state index contributed by atoms with van der Waals surface area (Å²) < 4.78 is 12.8. The standard InChI is InChI=1S/C45H27N3O2/c1-4-12-28(13-5-1)31-22-24-37-35(26-31)41-33(18-10-20-39(41)49-37)44-46-43(30-16-8-3-9-17-30)47-45(48-44)34-19-11-21-40-42(34)36-27-32(23-25-38(36)50-40)29-14-6-2-7-15-29/h1-27H. The number of aromatic nitrogens is 3. The third-order valence-electron chi connectivity index (χ3n) is 9.35. The highest BCUT2D eigenvalue weighted by molar-refractivity contribution is 6.14. The van der Waals surface area contributed by atoms with Crippen LogP contribution in [0.5, 0.6) is 0 Å². The van der Waals surface area contributed by atoms with Gasteiger partial charge < -0.3 is 8.83 Å². The number of nitrogens with zero attached hydrogens (tertiary/aromatic N) is 3. The van der Waals surface area contributed by atoms with E-state index < -0.39 is 0 Å². The van der Waals surface area contributed by atoms with Crippen molar-refractivity contribution in [2.75, 3.05) is 0 Å². The second-order valence-electron chi connectivity index (χ2n) is 12.4. The zero-order chi connectivity index (χ0) is 33.0. The maximum atomic E-state index is 6.39. The van der Waals surface area contributed by atoms with Gasteiger partial charge in [0.25, 0.3) is 0 Å². The Kier molecular flexibility index (Phi) is 6.42. The fraction of sp³-hybridized carbons (Fsp3) is 0. The van der Waals surface area contributed by atoms with Crippen LogP contribution in [0.2, 0.25) is 0 Å². The Morgan fingerprint density at radius 1 is 0.300 bits per heavy atom. The molecule has 3 heterocycles. The molecule has 0 aliphatic rings. The van der Waals surface area contributed by atoms with Gasteiger partial charge in [-0.1, -0.05) is 127 Å². The molecule has 10 aromatic rings.